The molecular formula is C22H16Cl2F2N4O. The third-order valence-electron chi connectivity index (χ3n) is 4.94. The van der Waals surface area contributed by atoms with Crippen LogP contribution >= 0.6 is 23.2 Å². The van der Waals surface area contributed by atoms with Gasteiger partial charge in [0.15, 0.2) is 11.6 Å². The Labute approximate surface area is 186 Å². The number of carbonyl (C=O) groups is 1. The molecule has 0 radical (unpaired) electrons. The monoisotopic (exact) mass is 460 g/mol. The lowest BCUT2D eigenvalue weighted by Gasteiger charge is -2.14. The van der Waals surface area contributed by atoms with Gasteiger partial charge < -0.3 is 9.88 Å². The number of anilines is 1. The van der Waals surface area contributed by atoms with Crippen molar-refractivity contribution in [1.82, 2.24) is 14.5 Å². The fraction of sp³-hybridized carbons (Fsp3) is 0.136. The lowest BCUT2D eigenvalue weighted by Crippen LogP contribution is -2.12. The number of pyridine rings is 2. The molecule has 0 bridgehead atoms. The average molecular weight is 461 g/mol. The number of aromatic nitrogens is 3. The number of hydrogen-bond donors (Lipinski definition) is 1. The standard InChI is InChI=1S/C22H16Cl2F2N4O/c1-11-3-6-18(27-8-11)12(2)30-10-14(19-20(24)15(23)9-28-21(19)30)22(31)29-13-4-5-16(25)17(26)7-13/h3-10,12H,1-2H3,(H,29,31). The van der Waals surface area contributed by atoms with Crippen LogP contribution in [0.5, 0.6) is 0 Å². The first-order valence-corrected chi connectivity index (χ1v) is 10.1. The second-order valence-electron chi connectivity index (χ2n) is 7.09. The summed E-state index contributed by atoms with van der Waals surface area (Å²) in [4.78, 5) is 21.8. The minimum atomic E-state index is -1.07. The number of nitrogens with zero attached hydrogens (tertiary/aromatic N) is 3. The van der Waals surface area contributed by atoms with E-state index in [1.54, 1.807) is 17.0 Å². The number of nitrogens with one attached hydrogen (secondary N) is 1. The summed E-state index contributed by atoms with van der Waals surface area (Å²) in [6.07, 6.45) is 4.77. The molecule has 3 heterocycles. The molecule has 9 heteroatoms. The number of amides is 1. The molecule has 0 spiro atoms. The number of aryl methyl sites for hydroxylation is 1. The highest BCUT2D eigenvalue weighted by atomic mass is 35.5. The van der Waals surface area contributed by atoms with Gasteiger partial charge in [-0.2, -0.15) is 0 Å². The third kappa shape index (κ3) is 3.98. The first-order chi connectivity index (χ1) is 14.8. The van der Waals surface area contributed by atoms with Crippen LogP contribution < -0.4 is 5.32 Å². The van der Waals surface area contributed by atoms with Gasteiger partial charge in [0.2, 0.25) is 0 Å². The van der Waals surface area contributed by atoms with Crippen LogP contribution in [0, 0.1) is 18.6 Å². The fourth-order valence-corrected chi connectivity index (χ4v) is 3.64. The average Bonchev–Trinajstić information content (AvgIpc) is 3.14. The molecule has 4 aromatic rings. The van der Waals surface area contributed by atoms with Crippen molar-refractivity contribution in [3.8, 4) is 0 Å². The van der Waals surface area contributed by atoms with Gasteiger partial charge in [0, 0.05) is 30.3 Å². The number of rotatable bonds is 4. The Hall–Kier alpha value is -3.03. The smallest absolute Gasteiger partial charge is 0.257 e. The molecule has 1 N–H and O–H groups in total. The quantitative estimate of drug-likeness (QED) is 0.395. The molecule has 1 atom stereocenters. The fourth-order valence-electron chi connectivity index (χ4n) is 3.26. The maximum absolute atomic E-state index is 13.5. The Bertz CT molecular complexity index is 1310. The van der Waals surface area contributed by atoms with Crippen LogP contribution in [0.2, 0.25) is 10.0 Å². The summed E-state index contributed by atoms with van der Waals surface area (Å²) in [7, 11) is 0. The van der Waals surface area contributed by atoms with Crippen LogP contribution in [0.15, 0.2) is 48.9 Å². The second kappa shape index (κ2) is 8.24. The predicted molar refractivity (Wildman–Crippen MR) is 117 cm³/mol. The van der Waals surface area contributed by atoms with Gasteiger partial charge in [0.25, 0.3) is 5.91 Å². The third-order valence-corrected chi connectivity index (χ3v) is 5.71. The lowest BCUT2D eigenvalue weighted by molar-refractivity contribution is 0.102. The van der Waals surface area contributed by atoms with Crippen molar-refractivity contribution < 1.29 is 13.6 Å². The van der Waals surface area contributed by atoms with Gasteiger partial charge in [-0.25, -0.2) is 13.8 Å². The number of carbonyl (C=O) groups excluding carboxylic acids is 1. The van der Waals surface area contributed by atoms with E-state index in [0.717, 1.165) is 23.4 Å². The minimum absolute atomic E-state index is 0.101. The summed E-state index contributed by atoms with van der Waals surface area (Å²) in [6.45, 7) is 3.86. The molecule has 31 heavy (non-hydrogen) atoms. The highest BCUT2D eigenvalue weighted by molar-refractivity contribution is 6.45. The molecule has 0 fully saturated rings. The van der Waals surface area contributed by atoms with Gasteiger partial charge in [0.1, 0.15) is 5.65 Å². The van der Waals surface area contributed by atoms with E-state index in [1.165, 1.54) is 12.3 Å². The van der Waals surface area contributed by atoms with E-state index in [9.17, 15) is 13.6 Å². The molecule has 0 saturated carbocycles. The summed E-state index contributed by atoms with van der Waals surface area (Å²) in [5.74, 6) is -2.64. The number of hydrogen-bond acceptors (Lipinski definition) is 3. The first kappa shape index (κ1) is 21.2. The zero-order valence-electron chi connectivity index (χ0n) is 16.5. The highest BCUT2D eigenvalue weighted by Crippen LogP contribution is 2.35. The molecule has 0 saturated heterocycles. The topological polar surface area (TPSA) is 59.8 Å². The predicted octanol–water partition coefficient (Wildman–Crippen LogP) is 6.19. The molecule has 1 aromatic carbocycles. The summed E-state index contributed by atoms with van der Waals surface area (Å²) in [6, 6.07) is 6.67. The summed E-state index contributed by atoms with van der Waals surface area (Å²) >= 11 is 12.6. The van der Waals surface area contributed by atoms with Crippen LogP contribution in [-0.2, 0) is 0 Å². The molecule has 158 valence electrons. The van der Waals surface area contributed by atoms with E-state index in [4.69, 9.17) is 23.2 Å². The number of fused-ring (bicyclic) bond motifs is 1. The largest absolute Gasteiger partial charge is 0.323 e. The summed E-state index contributed by atoms with van der Waals surface area (Å²) in [5.41, 5.74) is 2.53. The van der Waals surface area contributed by atoms with Crippen LogP contribution in [-0.4, -0.2) is 20.4 Å². The van der Waals surface area contributed by atoms with Crippen molar-refractivity contribution in [3.63, 3.8) is 0 Å². The maximum Gasteiger partial charge on any atom is 0.257 e. The summed E-state index contributed by atoms with van der Waals surface area (Å²) in [5, 5.41) is 3.28. The van der Waals surface area contributed by atoms with E-state index in [0.29, 0.717) is 11.0 Å². The van der Waals surface area contributed by atoms with Crippen LogP contribution in [0.3, 0.4) is 0 Å². The van der Waals surface area contributed by atoms with Gasteiger partial charge in [-0.05, 0) is 37.6 Å². The molecule has 0 aliphatic heterocycles. The number of benzene rings is 1. The molecule has 5 nitrogen and oxygen atoms in total. The van der Waals surface area contributed by atoms with Crippen LogP contribution in [0.4, 0.5) is 14.5 Å². The normalized spacial score (nSPS) is 12.2. The maximum atomic E-state index is 13.5. The Morgan fingerprint density at radius 1 is 1.10 bits per heavy atom. The van der Waals surface area contributed by atoms with Crippen LogP contribution in [0.1, 0.15) is 34.6 Å². The Morgan fingerprint density at radius 2 is 1.87 bits per heavy atom. The van der Waals surface area contributed by atoms with Crippen LogP contribution in [0.25, 0.3) is 11.0 Å². The molecule has 0 aliphatic carbocycles. The van der Waals surface area contributed by atoms with Crippen molar-refractivity contribution in [3.05, 3.63) is 87.4 Å². The van der Waals surface area contributed by atoms with Crippen molar-refractivity contribution in [2.75, 3.05) is 5.32 Å². The molecule has 4 rings (SSSR count). The zero-order chi connectivity index (χ0) is 22.3. The van der Waals surface area contributed by atoms with Gasteiger partial charge in [-0.1, -0.05) is 29.3 Å². The minimum Gasteiger partial charge on any atom is -0.323 e. The van der Waals surface area contributed by atoms with Crippen molar-refractivity contribution in [2.45, 2.75) is 19.9 Å². The van der Waals surface area contributed by atoms with Gasteiger partial charge in [-0.3, -0.25) is 9.78 Å². The second-order valence-corrected chi connectivity index (χ2v) is 7.87. The molecule has 3 aromatic heterocycles. The van der Waals surface area contributed by atoms with E-state index in [-0.39, 0.29) is 27.3 Å². The molecule has 0 aliphatic rings. The lowest BCUT2D eigenvalue weighted by atomic mass is 10.2. The van der Waals surface area contributed by atoms with E-state index < -0.39 is 17.5 Å². The Kier molecular flexibility index (Phi) is 5.64. The van der Waals surface area contributed by atoms with Gasteiger partial charge in [0.05, 0.1) is 32.7 Å². The molecule has 1 unspecified atom stereocenters. The molecular weight excluding hydrogens is 445 g/mol. The summed E-state index contributed by atoms with van der Waals surface area (Å²) < 4.78 is 28.5. The van der Waals surface area contributed by atoms with E-state index in [2.05, 4.69) is 15.3 Å². The van der Waals surface area contributed by atoms with Crippen molar-refractivity contribution in [2.24, 2.45) is 0 Å². The first-order valence-electron chi connectivity index (χ1n) is 9.29. The van der Waals surface area contributed by atoms with Gasteiger partial charge >= 0.3 is 0 Å². The number of halogens is 4. The Morgan fingerprint density at radius 3 is 2.55 bits per heavy atom. The van der Waals surface area contributed by atoms with Gasteiger partial charge in [-0.15, -0.1) is 0 Å². The van der Waals surface area contributed by atoms with E-state index in [1.807, 2.05) is 26.0 Å². The zero-order valence-corrected chi connectivity index (χ0v) is 18.0. The highest BCUT2D eigenvalue weighted by Gasteiger charge is 2.23. The Balaban J connectivity index is 1.81. The molecule has 1 amide bonds. The van der Waals surface area contributed by atoms with E-state index >= 15 is 0 Å². The van der Waals surface area contributed by atoms with Crippen molar-refractivity contribution >= 4 is 45.8 Å². The van der Waals surface area contributed by atoms with Crippen molar-refractivity contribution in [1.29, 1.82) is 0 Å². The SMILES string of the molecule is Cc1ccc(C(C)n2cc(C(=O)Nc3ccc(F)c(F)c3)c3c(Cl)c(Cl)cnc32)nc1.